The lowest BCUT2D eigenvalue weighted by molar-refractivity contribution is 0.0949. The van der Waals surface area contributed by atoms with E-state index in [9.17, 15) is 4.79 Å². The molecule has 0 aromatic carbocycles. The standard InChI is InChI=1S/C12H22N4O/c1-9-8-11(14-16(9)4)12(17)10(13)6-5-7-15(2)3/h8,10H,5-7,13H2,1-4H3. The second-order valence-electron chi connectivity index (χ2n) is 4.71. The first-order valence-corrected chi connectivity index (χ1v) is 5.87. The molecule has 1 heterocycles. The van der Waals surface area contributed by atoms with Gasteiger partial charge in [0.1, 0.15) is 5.69 Å². The Morgan fingerprint density at radius 3 is 2.71 bits per heavy atom. The molecule has 5 heteroatoms. The van der Waals surface area contributed by atoms with Crippen molar-refractivity contribution in [3.63, 3.8) is 0 Å². The Morgan fingerprint density at radius 2 is 2.24 bits per heavy atom. The third kappa shape index (κ3) is 3.94. The van der Waals surface area contributed by atoms with E-state index in [0.717, 1.165) is 18.7 Å². The van der Waals surface area contributed by atoms with Crippen LogP contribution in [-0.4, -0.2) is 47.1 Å². The highest BCUT2D eigenvalue weighted by Gasteiger charge is 2.18. The van der Waals surface area contributed by atoms with Gasteiger partial charge in [0.2, 0.25) is 0 Å². The van der Waals surface area contributed by atoms with Gasteiger partial charge in [0, 0.05) is 12.7 Å². The fraction of sp³-hybridized carbons (Fsp3) is 0.667. The quantitative estimate of drug-likeness (QED) is 0.736. The van der Waals surface area contributed by atoms with E-state index < -0.39 is 6.04 Å². The van der Waals surface area contributed by atoms with E-state index in [2.05, 4.69) is 10.00 Å². The van der Waals surface area contributed by atoms with E-state index in [4.69, 9.17) is 5.73 Å². The van der Waals surface area contributed by atoms with Crippen LogP contribution in [0.25, 0.3) is 0 Å². The first-order chi connectivity index (χ1) is 7.91. The highest BCUT2D eigenvalue weighted by molar-refractivity contribution is 5.98. The topological polar surface area (TPSA) is 64.2 Å². The zero-order valence-electron chi connectivity index (χ0n) is 11.1. The van der Waals surface area contributed by atoms with Crippen LogP contribution >= 0.6 is 0 Å². The fourth-order valence-corrected chi connectivity index (χ4v) is 1.63. The molecule has 1 unspecified atom stereocenters. The lowest BCUT2D eigenvalue weighted by atomic mass is 10.1. The number of Topliss-reactive ketones (excluding diaryl/α,β-unsaturated/α-hetero) is 1. The normalized spacial score (nSPS) is 13.1. The molecule has 0 spiro atoms. The summed E-state index contributed by atoms with van der Waals surface area (Å²) in [6, 6.07) is 1.35. The van der Waals surface area contributed by atoms with Gasteiger partial charge in [-0.15, -0.1) is 0 Å². The molecule has 0 amide bonds. The van der Waals surface area contributed by atoms with E-state index in [1.807, 2.05) is 28.1 Å². The summed E-state index contributed by atoms with van der Waals surface area (Å²) in [5.74, 6) is -0.0625. The average molecular weight is 238 g/mol. The maximum atomic E-state index is 12.0. The van der Waals surface area contributed by atoms with Crippen molar-refractivity contribution in [3.05, 3.63) is 17.5 Å². The van der Waals surface area contributed by atoms with Gasteiger partial charge in [0.05, 0.1) is 6.04 Å². The van der Waals surface area contributed by atoms with Crippen molar-refractivity contribution >= 4 is 5.78 Å². The highest BCUT2D eigenvalue weighted by atomic mass is 16.1. The van der Waals surface area contributed by atoms with Gasteiger partial charge in [-0.2, -0.15) is 5.10 Å². The largest absolute Gasteiger partial charge is 0.321 e. The van der Waals surface area contributed by atoms with Gasteiger partial charge < -0.3 is 10.6 Å². The van der Waals surface area contributed by atoms with Crippen LogP contribution in [-0.2, 0) is 7.05 Å². The molecule has 1 aromatic heterocycles. The number of nitrogens with two attached hydrogens (primary N) is 1. The Morgan fingerprint density at radius 1 is 1.59 bits per heavy atom. The SMILES string of the molecule is Cc1cc(C(=O)C(N)CCCN(C)C)nn1C. The second-order valence-corrected chi connectivity index (χ2v) is 4.71. The van der Waals surface area contributed by atoms with Gasteiger partial charge in [0.15, 0.2) is 5.78 Å². The zero-order chi connectivity index (χ0) is 13.0. The Balaban J connectivity index is 2.52. The van der Waals surface area contributed by atoms with Crippen molar-refractivity contribution in [2.45, 2.75) is 25.8 Å². The number of hydrogen-bond donors (Lipinski definition) is 1. The zero-order valence-corrected chi connectivity index (χ0v) is 11.1. The van der Waals surface area contributed by atoms with E-state index in [0.29, 0.717) is 12.1 Å². The van der Waals surface area contributed by atoms with Crippen molar-refractivity contribution in [1.29, 1.82) is 0 Å². The number of hydrogen-bond acceptors (Lipinski definition) is 4. The van der Waals surface area contributed by atoms with Crippen molar-refractivity contribution in [2.75, 3.05) is 20.6 Å². The van der Waals surface area contributed by atoms with E-state index in [-0.39, 0.29) is 5.78 Å². The minimum atomic E-state index is -0.441. The molecular formula is C12H22N4O. The molecular weight excluding hydrogens is 216 g/mol. The molecule has 0 aliphatic carbocycles. The lowest BCUT2D eigenvalue weighted by Crippen LogP contribution is -2.31. The summed E-state index contributed by atoms with van der Waals surface area (Å²) >= 11 is 0. The number of aromatic nitrogens is 2. The third-order valence-corrected chi connectivity index (χ3v) is 2.82. The molecule has 0 radical (unpaired) electrons. The van der Waals surface area contributed by atoms with Crippen LogP contribution in [0.15, 0.2) is 6.07 Å². The number of rotatable bonds is 6. The van der Waals surface area contributed by atoms with Gasteiger partial charge in [0.25, 0.3) is 0 Å². The number of carbonyl (C=O) groups excluding carboxylic acids is 1. The molecule has 0 bridgehead atoms. The number of aryl methyl sites for hydroxylation is 2. The maximum Gasteiger partial charge on any atom is 0.199 e. The average Bonchev–Trinajstić information content (AvgIpc) is 2.57. The molecule has 1 rings (SSSR count). The molecule has 17 heavy (non-hydrogen) atoms. The van der Waals surface area contributed by atoms with Crippen LogP contribution in [0.1, 0.15) is 29.0 Å². The summed E-state index contributed by atoms with van der Waals surface area (Å²) in [6.45, 7) is 2.86. The predicted octanol–water partition coefficient (Wildman–Crippen LogP) is 0.580. The van der Waals surface area contributed by atoms with Gasteiger partial charge in [-0.3, -0.25) is 9.48 Å². The Hall–Kier alpha value is -1.20. The van der Waals surface area contributed by atoms with Gasteiger partial charge >= 0.3 is 0 Å². The van der Waals surface area contributed by atoms with Crippen LogP contribution in [0, 0.1) is 6.92 Å². The van der Waals surface area contributed by atoms with Gasteiger partial charge in [-0.05, 0) is 46.5 Å². The Labute approximate surface area is 103 Å². The van der Waals surface area contributed by atoms with Crippen molar-refractivity contribution in [3.8, 4) is 0 Å². The monoisotopic (exact) mass is 238 g/mol. The molecule has 0 aliphatic rings. The van der Waals surface area contributed by atoms with Gasteiger partial charge in [-0.1, -0.05) is 0 Å². The van der Waals surface area contributed by atoms with Crippen LogP contribution in [0.3, 0.4) is 0 Å². The molecule has 2 N–H and O–H groups in total. The van der Waals surface area contributed by atoms with Crippen LogP contribution < -0.4 is 5.73 Å². The summed E-state index contributed by atoms with van der Waals surface area (Å²) in [5.41, 5.74) is 7.32. The first kappa shape index (κ1) is 13.9. The van der Waals surface area contributed by atoms with Crippen molar-refractivity contribution < 1.29 is 4.79 Å². The van der Waals surface area contributed by atoms with E-state index in [1.54, 1.807) is 10.7 Å². The predicted molar refractivity (Wildman–Crippen MR) is 68.0 cm³/mol. The summed E-state index contributed by atoms with van der Waals surface area (Å²) in [6.07, 6.45) is 1.62. The number of nitrogens with zero attached hydrogens (tertiary/aromatic N) is 3. The lowest BCUT2D eigenvalue weighted by Gasteiger charge is -2.12. The molecule has 96 valence electrons. The Bertz CT molecular complexity index is 364. The molecule has 0 saturated heterocycles. The molecule has 0 fully saturated rings. The maximum absolute atomic E-state index is 12.0. The van der Waals surface area contributed by atoms with E-state index >= 15 is 0 Å². The molecule has 1 aromatic rings. The highest BCUT2D eigenvalue weighted by Crippen LogP contribution is 2.07. The van der Waals surface area contributed by atoms with Crippen molar-refractivity contribution in [2.24, 2.45) is 12.8 Å². The summed E-state index contributed by atoms with van der Waals surface area (Å²) in [5, 5.41) is 4.15. The van der Waals surface area contributed by atoms with Crippen LogP contribution in [0.4, 0.5) is 0 Å². The molecule has 0 saturated carbocycles. The van der Waals surface area contributed by atoms with Gasteiger partial charge in [-0.25, -0.2) is 0 Å². The minimum absolute atomic E-state index is 0.0625. The third-order valence-electron chi connectivity index (χ3n) is 2.82. The first-order valence-electron chi connectivity index (χ1n) is 5.87. The molecule has 5 nitrogen and oxygen atoms in total. The fourth-order valence-electron chi connectivity index (χ4n) is 1.63. The van der Waals surface area contributed by atoms with Crippen molar-refractivity contribution in [1.82, 2.24) is 14.7 Å². The Kier molecular flexibility index (Phi) is 4.84. The number of ketones is 1. The van der Waals surface area contributed by atoms with E-state index in [1.165, 1.54) is 0 Å². The van der Waals surface area contributed by atoms with Crippen LogP contribution in [0.2, 0.25) is 0 Å². The summed E-state index contributed by atoms with van der Waals surface area (Å²) in [4.78, 5) is 14.1. The second kappa shape index (κ2) is 5.93. The smallest absolute Gasteiger partial charge is 0.199 e. The molecule has 1 atom stereocenters. The minimum Gasteiger partial charge on any atom is -0.321 e. The summed E-state index contributed by atoms with van der Waals surface area (Å²) in [7, 11) is 5.84. The van der Waals surface area contributed by atoms with Crippen LogP contribution in [0.5, 0.6) is 0 Å². The molecule has 0 aliphatic heterocycles. The summed E-state index contributed by atoms with van der Waals surface area (Å²) < 4.78 is 1.69. The number of carbonyl (C=O) groups is 1.